The van der Waals surface area contributed by atoms with Crippen molar-refractivity contribution in [2.75, 3.05) is 0 Å². The summed E-state index contributed by atoms with van der Waals surface area (Å²) in [4.78, 5) is 20.7. The van der Waals surface area contributed by atoms with E-state index < -0.39 is 0 Å². The highest BCUT2D eigenvalue weighted by Crippen LogP contribution is 2.15. The highest BCUT2D eigenvalue weighted by molar-refractivity contribution is 6.07. The fourth-order valence-electron chi connectivity index (χ4n) is 2.13. The van der Waals surface area contributed by atoms with Crippen LogP contribution in [-0.4, -0.2) is 15.8 Å². The topological polar surface area (TPSA) is 42.9 Å². The third kappa shape index (κ3) is 2.87. The number of fused-ring (bicyclic) bond motifs is 1. The largest absolute Gasteiger partial charge is 0.289 e. The molecule has 102 valence electrons. The molecule has 0 saturated heterocycles. The molecule has 1 heterocycles. The van der Waals surface area contributed by atoms with Crippen molar-refractivity contribution in [3.63, 3.8) is 0 Å². The Hall–Kier alpha value is -2.81. The molecule has 3 aromatic rings. The molecule has 0 saturated carbocycles. The average Bonchev–Trinajstić information content (AvgIpc) is 2.53. The Bertz CT molecular complexity index is 815. The summed E-state index contributed by atoms with van der Waals surface area (Å²) >= 11 is 0. The summed E-state index contributed by atoms with van der Waals surface area (Å²) in [6.07, 6.45) is 6.68. The molecule has 3 nitrogen and oxygen atoms in total. The van der Waals surface area contributed by atoms with Gasteiger partial charge in [0.2, 0.25) is 0 Å². The molecule has 0 radical (unpaired) electrons. The van der Waals surface area contributed by atoms with Crippen molar-refractivity contribution in [2.24, 2.45) is 0 Å². The molecule has 0 bridgehead atoms. The highest BCUT2D eigenvalue weighted by Gasteiger charge is 2.03. The molecule has 0 aliphatic heterocycles. The standard InChI is InChI=1S/C18H14N2O/c1-13-5-7-14(8-6-13)17(21)10-9-15-3-2-4-16-18(15)20-12-11-19-16/h2-12H,1H3. The molecule has 0 atom stereocenters. The molecule has 0 aliphatic rings. The van der Waals surface area contributed by atoms with Gasteiger partial charge in [-0.15, -0.1) is 0 Å². The van der Waals surface area contributed by atoms with Gasteiger partial charge in [0, 0.05) is 23.5 Å². The van der Waals surface area contributed by atoms with Crippen LogP contribution in [0.15, 0.2) is 60.9 Å². The second-order valence-electron chi connectivity index (χ2n) is 4.83. The summed E-state index contributed by atoms with van der Waals surface area (Å²) in [6.45, 7) is 2.00. The lowest BCUT2D eigenvalue weighted by Crippen LogP contribution is -1.94. The van der Waals surface area contributed by atoms with Gasteiger partial charge in [-0.1, -0.05) is 42.0 Å². The van der Waals surface area contributed by atoms with Gasteiger partial charge in [0.1, 0.15) is 0 Å². The average molecular weight is 274 g/mol. The van der Waals surface area contributed by atoms with Crippen molar-refractivity contribution in [3.8, 4) is 0 Å². The Morgan fingerprint density at radius 1 is 1.00 bits per heavy atom. The Kier molecular flexibility index (Phi) is 3.56. The highest BCUT2D eigenvalue weighted by atomic mass is 16.1. The van der Waals surface area contributed by atoms with Crippen molar-refractivity contribution < 1.29 is 4.79 Å². The number of para-hydroxylation sites is 1. The number of aryl methyl sites for hydroxylation is 1. The number of nitrogens with zero attached hydrogens (tertiary/aromatic N) is 2. The third-order valence-electron chi connectivity index (χ3n) is 3.28. The molecule has 1 aromatic heterocycles. The van der Waals surface area contributed by atoms with Gasteiger partial charge in [-0.05, 0) is 25.1 Å². The van der Waals surface area contributed by atoms with Crippen LogP contribution in [0.5, 0.6) is 0 Å². The molecule has 0 N–H and O–H groups in total. The first-order valence-electron chi connectivity index (χ1n) is 6.73. The van der Waals surface area contributed by atoms with Crippen LogP contribution in [0.2, 0.25) is 0 Å². The number of carbonyl (C=O) groups excluding carboxylic acids is 1. The lowest BCUT2D eigenvalue weighted by molar-refractivity contribution is 0.104. The van der Waals surface area contributed by atoms with E-state index in [1.165, 1.54) is 0 Å². The molecule has 0 amide bonds. The maximum Gasteiger partial charge on any atom is 0.185 e. The van der Waals surface area contributed by atoms with Crippen LogP contribution < -0.4 is 0 Å². The molecule has 3 rings (SSSR count). The normalized spacial score (nSPS) is 11.1. The van der Waals surface area contributed by atoms with Crippen molar-refractivity contribution in [1.29, 1.82) is 0 Å². The van der Waals surface area contributed by atoms with Gasteiger partial charge in [-0.2, -0.15) is 0 Å². The number of allylic oxidation sites excluding steroid dienone is 1. The van der Waals surface area contributed by atoms with Crippen molar-refractivity contribution >= 4 is 22.9 Å². The minimum Gasteiger partial charge on any atom is -0.289 e. The van der Waals surface area contributed by atoms with E-state index in [1.807, 2.05) is 49.4 Å². The predicted octanol–water partition coefficient (Wildman–Crippen LogP) is 3.83. The van der Waals surface area contributed by atoms with Crippen LogP contribution in [0.4, 0.5) is 0 Å². The van der Waals surface area contributed by atoms with E-state index in [4.69, 9.17) is 0 Å². The van der Waals surface area contributed by atoms with Crippen LogP contribution in [-0.2, 0) is 0 Å². The number of carbonyl (C=O) groups is 1. The zero-order valence-corrected chi connectivity index (χ0v) is 11.7. The third-order valence-corrected chi connectivity index (χ3v) is 3.28. The van der Waals surface area contributed by atoms with Crippen molar-refractivity contribution in [2.45, 2.75) is 6.92 Å². The number of benzene rings is 2. The Balaban J connectivity index is 1.91. The van der Waals surface area contributed by atoms with Gasteiger partial charge in [-0.3, -0.25) is 14.8 Å². The Labute approximate surface area is 123 Å². The maximum absolute atomic E-state index is 12.1. The number of ketones is 1. The predicted molar refractivity (Wildman–Crippen MR) is 84.1 cm³/mol. The van der Waals surface area contributed by atoms with Crippen LogP contribution in [0.3, 0.4) is 0 Å². The first-order valence-corrected chi connectivity index (χ1v) is 6.73. The summed E-state index contributed by atoms with van der Waals surface area (Å²) in [6, 6.07) is 13.3. The molecule has 0 fully saturated rings. The molecular formula is C18H14N2O. The van der Waals surface area contributed by atoms with Crippen LogP contribution in [0.1, 0.15) is 21.5 Å². The Morgan fingerprint density at radius 3 is 2.57 bits per heavy atom. The zero-order valence-electron chi connectivity index (χ0n) is 11.7. The summed E-state index contributed by atoms with van der Waals surface area (Å²) in [5.41, 5.74) is 4.33. The van der Waals surface area contributed by atoms with Gasteiger partial charge in [0.05, 0.1) is 11.0 Å². The SMILES string of the molecule is Cc1ccc(C(=O)C=Cc2cccc3nccnc23)cc1. The van der Waals surface area contributed by atoms with E-state index in [0.29, 0.717) is 5.56 Å². The van der Waals surface area contributed by atoms with Crippen LogP contribution in [0, 0.1) is 6.92 Å². The van der Waals surface area contributed by atoms with Crippen LogP contribution in [0.25, 0.3) is 17.1 Å². The molecule has 21 heavy (non-hydrogen) atoms. The quantitative estimate of drug-likeness (QED) is 0.538. The second-order valence-corrected chi connectivity index (χ2v) is 4.83. The fourth-order valence-corrected chi connectivity index (χ4v) is 2.13. The minimum absolute atomic E-state index is 0.0177. The summed E-state index contributed by atoms with van der Waals surface area (Å²) in [5, 5.41) is 0. The number of aromatic nitrogens is 2. The first-order chi connectivity index (χ1) is 10.2. The number of hydrogen-bond acceptors (Lipinski definition) is 3. The van der Waals surface area contributed by atoms with E-state index in [0.717, 1.165) is 22.2 Å². The summed E-state index contributed by atoms with van der Waals surface area (Å²) in [5.74, 6) is -0.0177. The van der Waals surface area contributed by atoms with Gasteiger partial charge in [-0.25, -0.2) is 0 Å². The van der Waals surface area contributed by atoms with E-state index in [1.54, 1.807) is 24.5 Å². The minimum atomic E-state index is -0.0177. The molecule has 3 heteroatoms. The van der Waals surface area contributed by atoms with E-state index in [2.05, 4.69) is 9.97 Å². The molecule has 2 aromatic carbocycles. The van der Waals surface area contributed by atoms with Crippen molar-refractivity contribution in [3.05, 3.63) is 77.6 Å². The second kappa shape index (κ2) is 5.67. The van der Waals surface area contributed by atoms with Crippen LogP contribution >= 0.6 is 0 Å². The fraction of sp³-hybridized carbons (Fsp3) is 0.0556. The lowest BCUT2D eigenvalue weighted by atomic mass is 10.1. The smallest absolute Gasteiger partial charge is 0.185 e. The van der Waals surface area contributed by atoms with E-state index >= 15 is 0 Å². The summed E-state index contributed by atoms with van der Waals surface area (Å²) < 4.78 is 0. The molecular weight excluding hydrogens is 260 g/mol. The lowest BCUT2D eigenvalue weighted by Gasteiger charge is -2.00. The molecule has 0 unspecified atom stereocenters. The first kappa shape index (κ1) is 13.2. The van der Waals surface area contributed by atoms with Crippen molar-refractivity contribution in [1.82, 2.24) is 9.97 Å². The molecule has 0 aliphatic carbocycles. The number of rotatable bonds is 3. The van der Waals surface area contributed by atoms with E-state index in [-0.39, 0.29) is 5.78 Å². The molecule has 0 spiro atoms. The number of hydrogen-bond donors (Lipinski definition) is 0. The zero-order chi connectivity index (χ0) is 14.7. The van der Waals surface area contributed by atoms with Gasteiger partial charge >= 0.3 is 0 Å². The maximum atomic E-state index is 12.1. The van der Waals surface area contributed by atoms with Gasteiger partial charge in [0.25, 0.3) is 0 Å². The summed E-state index contributed by atoms with van der Waals surface area (Å²) in [7, 11) is 0. The van der Waals surface area contributed by atoms with E-state index in [9.17, 15) is 4.79 Å². The van der Waals surface area contributed by atoms with Gasteiger partial charge in [0.15, 0.2) is 5.78 Å². The monoisotopic (exact) mass is 274 g/mol. The Morgan fingerprint density at radius 2 is 1.76 bits per heavy atom. The van der Waals surface area contributed by atoms with Gasteiger partial charge < -0.3 is 0 Å².